The number of para-hydroxylation sites is 2. The third-order valence-electron chi connectivity index (χ3n) is 12.2. The summed E-state index contributed by atoms with van der Waals surface area (Å²) in [7, 11) is 2.11. The molecule has 12 rings (SSSR count). The van der Waals surface area contributed by atoms with Crippen LogP contribution in [0.2, 0.25) is 0 Å². The van der Waals surface area contributed by atoms with E-state index in [1.165, 1.54) is 88.0 Å². The van der Waals surface area contributed by atoms with Crippen molar-refractivity contribution in [1.82, 2.24) is 9.55 Å². The van der Waals surface area contributed by atoms with Crippen LogP contribution in [0.5, 0.6) is 0 Å². The zero-order chi connectivity index (χ0) is 34.8. The molecule has 0 bridgehead atoms. The van der Waals surface area contributed by atoms with Gasteiger partial charge in [0.2, 0.25) is 0 Å². The summed E-state index contributed by atoms with van der Waals surface area (Å²) < 4.78 is 2.19. The molecule has 0 amide bonds. The second-order valence-corrected chi connectivity index (χ2v) is 14.6. The van der Waals surface area contributed by atoms with Crippen LogP contribution in [0.1, 0.15) is 22.3 Å². The molecule has 0 radical (unpaired) electrons. The highest BCUT2D eigenvalue weighted by atomic mass is 15.1. The van der Waals surface area contributed by atoms with Gasteiger partial charge in [-0.1, -0.05) is 158 Å². The Kier molecular flexibility index (Phi) is 5.67. The van der Waals surface area contributed by atoms with E-state index < -0.39 is 5.41 Å². The molecule has 0 unspecified atom stereocenters. The number of hydrogen-bond donors (Lipinski definition) is 0. The summed E-state index contributed by atoms with van der Waals surface area (Å²) in [6.07, 6.45) is 0. The molecule has 9 aromatic carbocycles. The van der Waals surface area contributed by atoms with E-state index in [0.717, 1.165) is 22.4 Å². The largest absolute Gasteiger partial charge is 0.327 e. The predicted molar refractivity (Wildman–Crippen MR) is 220 cm³/mol. The molecule has 1 spiro atoms. The lowest BCUT2D eigenvalue weighted by molar-refractivity contribution is 0.803. The molecule has 1 aromatic heterocycles. The van der Waals surface area contributed by atoms with Gasteiger partial charge in [-0.25, -0.2) is 4.98 Å². The molecule has 2 nitrogen and oxygen atoms in total. The average molecular weight is 673 g/mol. The van der Waals surface area contributed by atoms with Gasteiger partial charge in [0.1, 0.15) is 5.82 Å². The summed E-state index contributed by atoms with van der Waals surface area (Å²) in [6.45, 7) is 0. The van der Waals surface area contributed by atoms with Crippen LogP contribution < -0.4 is 0 Å². The molecule has 0 saturated carbocycles. The number of aromatic nitrogens is 2. The molecular weight excluding hydrogens is 641 g/mol. The van der Waals surface area contributed by atoms with Crippen molar-refractivity contribution >= 4 is 43.4 Å². The first-order chi connectivity index (χ1) is 26.2. The summed E-state index contributed by atoms with van der Waals surface area (Å²) in [5, 5.41) is 7.79. The molecule has 2 aliphatic rings. The van der Waals surface area contributed by atoms with Gasteiger partial charge >= 0.3 is 0 Å². The van der Waals surface area contributed by atoms with Crippen molar-refractivity contribution < 1.29 is 0 Å². The Balaban J connectivity index is 1.22. The Morgan fingerprint density at radius 3 is 1.60 bits per heavy atom. The third-order valence-corrected chi connectivity index (χ3v) is 12.2. The van der Waals surface area contributed by atoms with Crippen molar-refractivity contribution in [3.05, 3.63) is 198 Å². The van der Waals surface area contributed by atoms with Gasteiger partial charge in [0.15, 0.2) is 0 Å². The Labute approximate surface area is 307 Å². The van der Waals surface area contributed by atoms with Gasteiger partial charge in [-0.2, -0.15) is 0 Å². The fourth-order valence-electron chi connectivity index (χ4n) is 10.1. The monoisotopic (exact) mass is 672 g/mol. The number of fused-ring (bicyclic) bond motifs is 18. The summed E-state index contributed by atoms with van der Waals surface area (Å²) in [6, 6.07) is 65.5. The standard InChI is InChI=1S/C51H32N2/c1-53-46-25-13-12-24-45(46)52-50(53)32-28-26-31(27-29-32)41-30-44-47(38-19-5-3-16-35(38)41)48-39-20-6-2-14-33(39)34-15-4-7-21-40(34)49(48)51(44)42-22-10-8-17-36(42)37-18-9-11-23-43(37)51/h2-30H,1H3. The van der Waals surface area contributed by atoms with Crippen LogP contribution in [0, 0.1) is 0 Å². The first-order valence-electron chi connectivity index (χ1n) is 18.5. The van der Waals surface area contributed by atoms with Crippen molar-refractivity contribution in [3.8, 4) is 44.8 Å². The first kappa shape index (κ1) is 28.9. The number of rotatable bonds is 2. The zero-order valence-corrected chi connectivity index (χ0v) is 29.1. The molecular formula is C51H32N2. The van der Waals surface area contributed by atoms with Crippen LogP contribution in [-0.4, -0.2) is 9.55 Å². The third kappa shape index (κ3) is 3.60. The lowest BCUT2D eigenvalue weighted by Crippen LogP contribution is -2.26. The van der Waals surface area contributed by atoms with E-state index in [4.69, 9.17) is 4.98 Å². The molecule has 246 valence electrons. The van der Waals surface area contributed by atoms with E-state index in [1.807, 2.05) is 0 Å². The number of hydrogen-bond acceptors (Lipinski definition) is 1. The molecule has 2 heteroatoms. The van der Waals surface area contributed by atoms with E-state index in [0.29, 0.717) is 0 Å². The van der Waals surface area contributed by atoms with E-state index in [9.17, 15) is 0 Å². The Morgan fingerprint density at radius 1 is 0.415 bits per heavy atom. The zero-order valence-electron chi connectivity index (χ0n) is 29.1. The van der Waals surface area contributed by atoms with Crippen LogP contribution in [0.15, 0.2) is 176 Å². The molecule has 53 heavy (non-hydrogen) atoms. The molecule has 0 atom stereocenters. The number of imidazole rings is 1. The van der Waals surface area contributed by atoms with E-state index in [2.05, 4.69) is 188 Å². The molecule has 0 N–H and O–H groups in total. The number of aryl methyl sites for hydroxylation is 1. The minimum atomic E-state index is -0.493. The van der Waals surface area contributed by atoms with Gasteiger partial charge in [-0.15, -0.1) is 0 Å². The van der Waals surface area contributed by atoms with Crippen LogP contribution in [0.25, 0.3) is 88.1 Å². The highest BCUT2D eigenvalue weighted by Crippen LogP contribution is 2.66. The van der Waals surface area contributed by atoms with E-state index >= 15 is 0 Å². The number of benzene rings is 9. The van der Waals surface area contributed by atoms with Crippen LogP contribution in [0.4, 0.5) is 0 Å². The second-order valence-electron chi connectivity index (χ2n) is 14.6. The van der Waals surface area contributed by atoms with Gasteiger partial charge in [0, 0.05) is 12.6 Å². The van der Waals surface area contributed by atoms with Crippen molar-refractivity contribution in [2.24, 2.45) is 7.05 Å². The van der Waals surface area contributed by atoms with Gasteiger partial charge < -0.3 is 4.57 Å². The van der Waals surface area contributed by atoms with Crippen molar-refractivity contribution in [3.63, 3.8) is 0 Å². The van der Waals surface area contributed by atoms with E-state index in [1.54, 1.807) is 0 Å². The van der Waals surface area contributed by atoms with Crippen molar-refractivity contribution in [2.75, 3.05) is 0 Å². The van der Waals surface area contributed by atoms with E-state index in [-0.39, 0.29) is 0 Å². The van der Waals surface area contributed by atoms with Crippen LogP contribution >= 0.6 is 0 Å². The molecule has 0 saturated heterocycles. The predicted octanol–water partition coefficient (Wildman–Crippen LogP) is 12.7. The Hall–Kier alpha value is -6.77. The molecule has 0 aliphatic heterocycles. The smallest absolute Gasteiger partial charge is 0.140 e. The summed E-state index contributed by atoms with van der Waals surface area (Å²) in [5.74, 6) is 0.976. The lowest BCUT2D eigenvalue weighted by atomic mass is 9.68. The molecule has 0 fully saturated rings. The minimum Gasteiger partial charge on any atom is -0.327 e. The van der Waals surface area contributed by atoms with Gasteiger partial charge in [0.25, 0.3) is 0 Å². The van der Waals surface area contributed by atoms with Crippen LogP contribution in [0.3, 0.4) is 0 Å². The maximum atomic E-state index is 5.01. The minimum absolute atomic E-state index is 0.493. The normalized spacial score (nSPS) is 13.5. The van der Waals surface area contributed by atoms with Crippen LogP contribution in [-0.2, 0) is 12.5 Å². The molecule has 10 aromatic rings. The average Bonchev–Trinajstić information content (AvgIpc) is 3.84. The van der Waals surface area contributed by atoms with Crippen molar-refractivity contribution in [2.45, 2.75) is 5.41 Å². The SMILES string of the molecule is Cn1c(-c2ccc(-c3cc4c(c5ccccc35)-c3c(c5ccccc5c5ccccc35)C43c4ccccc4-c4ccccc43)cc2)nc2ccccc21. The topological polar surface area (TPSA) is 17.8 Å². The Bertz CT molecular complexity index is 3130. The van der Waals surface area contributed by atoms with Gasteiger partial charge in [-0.3, -0.25) is 0 Å². The summed E-state index contributed by atoms with van der Waals surface area (Å²) in [5.41, 5.74) is 16.1. The van der Waals surface area contributed by atoms with Crippen molar-refractivity contribution in [1.29, 1.82) is 0 Å². The fraction of sp³-hybridized carbons (Fsp3) is 0.0392. The maximum Gasteiger partial charge on any atom is 0.140 e. The highest BCUT2D eigenvalue weighted by molar-refractivity contribution is 6.24. The number of nitrogens with zero attached hydrogens (tertiary/aromatic N) is 2. The Morgan fingerprint density at radius 2 is 0.925 bits per heavy atom. The fourth-order valence-corrected chi connectivity index (χ4v) is 10.1. The first-order valence-corrected chi connectivity index (χ1v) is 18.5. The molecule has 1 heterocycles. The maximum absolute atomic E-state index is 5.01. The lowest BCUT2D eigenvalue weighted by Gasteiger charge is -2.32. The summed E-state index contributed by atoms with van der Waals surface area (Å²) >= 11 is 0. The molecule has 2 aliphatic carbocycles. The van der Waals surface area contributed by atoms with Gasteiger partial charge in [0.05, 0.1) is 16.4 Å². The second kappa shape index (κ2) is 10.4. The summed E-state index contributed by atoms with van der Waals surface area (Å²) in [4.78, 5) is 5.01. The van der Waals surface area contributed by atoms with Gasteiger partial charge in [-0.05, 0) is 106 Å². The quantitative estimate of drug-likeness (QED) is 0.167. The highest BCUT2D eigenvalue weighted by Gasteiger charge is 2.53.